The van der Waals surface area contributed by atoms with Crippen molar-refractivity contribution in [1.29, 1.82) is 0 Å². The van der Waals surface area contributed by atoms with Gasteiger partial charge in [-0.1, -0.05) is 36.4 Å². The van der Waals surface area contributed by atoms with Gasteiger partial charge in [-0.2, -0.15) is 0 Å². The lowest BCUT2D eigenvalue weighted by atomic mass is 10.0. The van der Waals surface area contributed by atoms with Crippen LogP contribution in [0.1, 0.15) is 21.7 Å². The molecule has 1 heterocycles. The van der Waals surface area contributed by atoms with Gasteiger partial charge in [-0.05, 0) is 35.7 Å². The van der Waals surface area contributed by atoms with E-state index in [1.54, 1.807) is 6.07 Å². The quantitative estimate of drug-likeness (QED) is 0.772. The fraction of sp³-hybridized carbons (Fsp3) is 0.0625. The van der Waals surface area contributed by atoms with Gasteiger partial charge in [-0.25, -0.2) is 4.79 Å². The molecule has 0 radical (unpaired) electrons. The summed E-state index contributed by atoms with van der Waals surface area (Å²) >= 11 is 0. The minimum absolute atomic E-state index is 0.0214. The molecular weight excluding hydrogens is 240 g/mol. The average Bonchev–Trinajstić information content (AvgIpc) is 2.83. The van der Waals surface area contributed by atoms with Crippen LogP contribution in [-0.4, -0.2) is 11.1 Å². The maximum atomic E-state index is 10.9. The summed E-state index contributed by atoms with van der Waals surface area (Å²) in [6, 6.07) is 17.5. The van der Waals surface area contributed by atoms with Crippen LogP contribution in [0.2, 0.25) is 0 Å². The topological polar surface area (TPSA) is 50.4 Å². The van der Waals surface area contributed by atoms with E-state index in [1.165, 1.54) is 5.56 Å². The Morgan fingerprint density at radius 3 is 2.53 bits per heavy atom. The summed E-state index contributed by atoms with van der Waals surface area (Å²) < 4.78 is 5.24. The zero-order chi connectivity index (χ0) is 13.2. The van der Waals surface area contributed by atoms with Crippen molar-refractivity contribution in [2.45, 2.75) is 6.42 Å². The van der Waals surface area contributed by atoms with E-state index in [1.807, 2.05) is 36.4 Å². The lowest BCUT2D eigenvalue weighted by molar-refractivity contribution is 0.0665. The summed E-state index contributed by atoms with van der Waals surface area (Å²) in [5, 5.41) is 9.72. The Kier molecular flexibility index (Phi) is 2.80. The van der Waals surface area contributed by atoms with E-state index < -0.39 is 5.97 Å². The first kappa shape index (κ1) is 11.5. The van der Waals surface area contributed by atoms with Crippen molar-refractivity contribution in [1.82, 2.24) is 0 Å². The van der Waals surface area contributed by atoms with Gasteiger partial charge in [0.1, 0.15) is 5.58 Å². The van der Waals surface area contributed by atoms with Crippen LogP contribution in [0.4, 0.5) is 0 Å². The molecule has 0 aliphatic carbocycles. The second kappa shape index (κ2) is 4.61. The molecule has 3 heteroatoms. The number of fused-ring (bicyclic) bond motifs is 1. The first-order chi connectivity index (χ1) is 9.22. The fourth-order valence-corrected chi connectivity index (χ4v) is 2.14. The summed E-state index contributed by atoms with van der Waals surface area (Å²) in [5.74, 6) is -1.06. The molecule has 0 atom stereocenters. The lowest BCUT2D eigenvalue weighted by Crippen LogP contribution is -1.91. The second-order valence-electron chi connectivity index (χ2n) is 4.45. The molecule has 3 nitrogen and oxygen atoms in total. The molecular formula is C16H12O3. The molecule has 3 aromatic rings. The first-order valence-electron chi connectivity index (χ1n) is 6.02. The Bertz CT molecular complexity index is 726. The number of aromatic carboxylic acids is 1. The predicted molar refractivity (Wildman–Crippen MR) is 72.4 cm³/mol. The minimum Gasteiger partial charge on any atom is -0.475 e. The number of carboxylic acids is 1. The van der Waals surface area contributed by atoms with Gasteiger partial charge < -0.3 is 9.52 Å². The molecule has 0 amide bonds. The Hall–Kier alpha value is -2.55. The maximum Gasteiger partial charge on any atom is 0.371 e. The van der Waals surface area contributed by atoms with Crippen LogP contribution in [0.15, 0.2) is 59.0 Å². The van der Waals surface area contributed by atoms with Gasteiger partial charge in [0, 0.05) is 5.39 Å². The number of benzene rings is 2. The number of rotatable bonds is 3. The van der Waals surface area contributed by atoms with Gasteiger partial charge in [-0.3, -0.25) is 0 Å². The van der Waals surface area contributed by atoms with Crippen molar-refractivity contribution in [2.75, 3.05) is 0 Å². The van der Waals surface area contributed by atoms with Crippen molar-refractivity contribution in [3.05, 3.63) is 71.5 Å². The Morgan fingerprint density at radius 1 is 1.00 bits per heavy atom. The van der Waals surface area contributed by atoms with Gasteiger partial charge >= 0.3 is 5.97 Å². The second-order valence-corrected chi connectivity index (χ2v) is 4.45. The van der Waals surface area contributed by atoms with E-state index in [0.717, 1.165) is 17.4 Å². The fourth-order valence-electron chi connectivity index (χ4n) is 2.14. The standard InChI is InChI=1S/C16H12O3/c17-16(18)15-10-13-9-12(6-7-14(13)19-15)8-11-4-2-1-3-5-11/h1-7,9-10H,8H2,(H,17,18). The molecule has 0 saturated heterocycles. The van der Waals surface area contributed by atoms with Gasteiger partial charge in [0.2, 0.25) is 5.76 Å². The third kappa shape index (κ3) is 2.36. The highest BCUT2D eigenvalue weighted by molar-refractivity contribution is 5.91. The van der Waals surface area contributed by atoms with Gasteiger partial charge in [0.05, 0.1) is 0 Å². The predicted octanol–water partition coefficient (Wildman–Crippen LogP) is 3.72. The van der Waals surface area contributed by atoms with Gasteiger partial charge in [-0.15, -0.1) is 0 Å². The van der Waals surface area contributed by atoms with Crippen LogP contribution in [0, 0.1) is 0 Å². The molecule has 94 valence electrons. The molecule has 0 saturated carbocycles. The number of furan rings is 1. The van der Waals surface area contributed by atoms with E-state index >= 15 is 0 Å². The zero-order valence-corrected chi connectivity index (χ0v) is 10.2. The van der Waals surface area contributed by atoms with E-state index in [4.69, 9.17) is 9.52 Å². The first-order valence-corrected chi connectivity index (χ1v) is 6.02. The number of hydrogen-bond acceptors (Lipinski definition) is 2. The van der Waals surface area contributed by atoms with Crippen molar-refractivity contribution >= 4 is 16.9 Å². The third-order valence-electron chi connectivity index (χ3n) is 3.04. The molecule has 0 aliphatic heterocycles. The molecule has 1 aromatic heterocycles. The normalized spacial score (nSPS) is 10.7. The Balaban J connectivity index is 1.95. The Morgan fingerprint density at radius 2 is 1.79 bits per heavy atom. The molecule has 1 N–H and O–H groups in total. The smallest absolute Gasteiger partial charge is 0.371 e. The Labute approximate surface area is 110 Å². The van der Waals surface area contributed by atoms with Crippen molar-refractivity contribution in [3.63, 3.8) is 0 Å². The molecule has 0 fully saturated rings. The van der Waals surface area contributed by atoms with Crippen LogP contribution < -0.4 is 0 Å². The van der Waals surface area contributed by atoms with Gasteiger partial charge in [0.15, 0.2) is 0 Å². The summed E-state index contributed by atoms with van der Waals surface area (Å²) in [6.45, 7) is 0. The minimum atomic E-state index is -1.04. The summed E-state index contributed by atoms with van der Waals surface area (Å²) in [7, 11) is 0. The van der Waals surface area contributed by atoms with E-state index in [9.17, 15) is 4.79 Å². The summed E-state index contributed by atoms with van der Waals surface area (Å²) in [6.07, 6.45) is 0.824. The molecule has 0 unspecified atom stereocenters. The lowest BCUT2D eigenvalue weighted by Gasteiger charge is -2.01. The van der Waals surface area contributed by atoms with Crippen LogP contribution in [0.5, 0.6) is 0 Å². The van der Waals surface area contributed by atoms with Crippen molar-refractivity contribution in [2.24, 2.45) is 0 Å². The molecule has 2 aromatic carbocycles. The average molecular weight is 252 g/mol. The van der Waals surface area contributed by atoms with Crippen LogP contribution in [-0.2, 0) is 6.42 Å². The highest BCUT2D eigenvalue weighted by atomic mass is 16.4. The molecule has 3 rings (SSSR count). The van der Waals surface area contributed by atoms with E-state index in [-0.39, 0.29) is 5.76 Å². The molecule has 0 aliphatic rings. The highest BCUT2D eigenvalue weighted by Gasteiger charge is 2.10. The third-order valence-corrected chi connectivity index (χ3v) is 3.04. The van der Waals surface area contributed by atoms with E-state index in [0.29, 0.717) is 5.58 Å². The van der Waals surface area contributed by atoms with E-state index in [2.05, 4.69) is 12.1 Å². The monoisotopic (exact) mass is 252 g/mol. The molecule has 19 heavy (non-hydrogen) atoms. The number of carbonyl (C=O) groups is 1. The zero-order valence-electron chi connectivity index (χ0n) is 10.2. The number of carboxylic acid groups (broad SMARTS) is 1. The molecule has 0 spiro atoms. The van der Waals surface area contributed by atoms with Gasteiger partial charge in [0.25, 0.3) is 0 Å². The van der Waals surface area contributed by atoms with Crippen molar-refractivity contribution < 1.29 is 14.3 Å². The largest absolute Gasteiger partial charge is 0.475 e. The highest BCUT2D eigenvalue weighted by Crippen LogP contribution is 2.22. The van der Waals surface area contributed by atoms with Crippen LogP contribution in [0.3, 0.4) is 0 Å². The summed E-state index contributed by atoms with van der Waals surface area (Å²) in [4.78, 5) is 10.9. The SMILES string of the molecule is O=C(O)c1cc2cc(Cc3ccccc3)ccc2o1. The van der Waals surface area contributed by atoms with Crippen LogP contribution >= 0.6 is 0 Å². The maximum absolute atomic E-state index is 10.9. The van der Waals surface area contributed by atoms with Crippen molar-refractivity contribution in [3.8, 4) is 0 Å². The number of hydrogen-bond donors (Lipinski definition) is 1. The summed E-state index contributed by atoms with van der Waals surface area (Å²) in [5.41, 5.74) is 2.97. The molecule has 0 bridgehead atoms. The van der Waals surface area contributed by atoms with Crippen LogP contribution in [0.25, 0.3) is 11.0 Å².